The van der Waals surface area contributed by atoms with Gasteiger partial charge in [0.1, 0.15) is 0 Å². The lowest BCUT2D eigenvalue weighted by Gasteiger charge is -2.44. The van der Waals surface area contributed by atoms with Crippen molar-refractivity contribution in [1.29, 1.82) is 0 Å². The summed E-state index contributed by atoms with van der Waals surface area (Å²) in [6.07, 6.45) is 0. The first kappa shape index (κ1) is 20.0. The number of para-hydroxylation sites is 1. The lowest BCUT2D eigenvalue weighted by Crippen LogP contribution is -2.49. The Morgan fingerprint density at radius 1 is 1.22 bits per heavy atom. The van der Waals surface area contributed by atoms with Gasteiger partial charge in [-0.25, -0.2) is 0 Å². The van der Waals surface area contributed by atoms with Crippen LogP contribution in [0.5, 0.6) is 11.5 Å². The van der Waals surface area contributed by atoms with Crippen LogP contribution in [0.15, 0.2) is 18.2 Å². The Kier molecular flexibility index (Phi) is 7.61. The third-order valence-electron chi connectivity index (χ3n) is 4.39. The molecule has 0 saturated carbocycles. The highest BCUT2D eigenvalue weighted by Crippen LogP contribution is 2.45. The van der Waals surface area contributed by atoms with Gasteiger partial charge in [0.15, 0.2) is 11.5 Å². The van der Waals surface area contributed by atoms with Crippen LogP contribution in [-0.4, -0.2) is 57.0 Å². The Morgan fingerprint density at radius 3 is 2.39 bits per heavy atom. The van der Waals surface area contributed by atoms with E-state index in [1.54, 1.807) is 14.2 Å². The molecule has 0 bridgehead atoms. The predicted molar refractivity (Wildman–Crippen MR) is 94.8 cm³/mol. The molecule has 23 heavy (non-hydrogen) atoms. The SMILES string of the molecule is COc1cccc([C@H](N2CCNCC2)C(C)(C)CO)c1OC.Cl. The Balaban J connectivity index is 0.00000264. The zero-order valence-electron chi connectivity index (χ0n) is 14.5. The van der Waals surface area contributed by atoms with E-state index in [4.69, 9.17) is 9.47 Å². The average molecular weight is 345 g/mol. The fraction of sp³-hybridized carbons (Fsp3) is 0.647. The highest BCUT2D eigenvalue weighted by Gasteiger charge is 2.37. The van der Waals surface area contributed by atoms with E-state index in [1.807, 2.05) is 12.1 Å². The molecule has 1 aromatic carbocycles. The van der Waals surface area contributed by atoms with Gasteiger partial charge in [-0.15, -0.1) is 12.4 Å². The van der Waals surface area contributed by atoms with Crippen LogP contribution in [0.25, 0.3) is 0 Å². The molecule has 1 aromatic rings. The van der Waals surface area contributed by atoms with E-state index < -0.39 is 0 Å². The molecule has 5 nitrogen and oxygen atoms in total. The molecule has 1 heterocycles. The number of halogens is 1. The van der Waals surface area contributed by atoms with E-state index in [0.29, 0.717) is 0 Å². The van der Waals surface area contributed by atoms with Gasteiger partial charge in [-0.2, -0.15) is 0 Å². The van der Waals surface area contributed by atoms with Gasteiger partial charge in [0.05, 0.1) is 14.2 Å². The van der Waals surface area contributed by atoms with Crippen LogP contribution < -0.4 is 14.8 Å². The van der Waals surface area contributed by atoms with E-state index >= 15 is 0 Å². The Bertz CT molecular complexity index is 491. The summed E-state index contributed by atoms with van der Waals surface area (Å²) in [7, 11) is 3.32. The summed E-state index contributed by atoms with van der Waals surface area (Å²) in [5, 5.41) is 13.3. The molecule has 1 fully saturated rings. The second-order valence-corrected chi connectivity index (χ2v) is 6.42. The predicted octanol–water partition coefficient (Wildman–Crippen LogP) is 2.09. The number of hydrogen-bond donors (Lipinski definition) is 2. The molecule has 0 radical (unpaired) electrons. The molecular formula is C17H29ClN2O3. The summed E-state index contributed by atoms with van der Waals surface area (Å²) in [6.45, 7) is 8.14. The molecule has 1 atom stereocenters. The molecular weight excluding hydrogens is 316 g/mol. The van der Waals surface area contributed by atoms with Gasteiger partial charge < -0.3 is 19.9 Å². The summed E-state index contributed by atoms with van der Waals surface area (Å²) in [5.74, 6) is 1.49. The second-order valence-electron chi connectivity index (χ2n) is 6.42. The van der Waals surface area contributed by atoms with Gasteiger partial charge in [-0.1, -0.05) is 26.0 Å². The molecule has 0 unspecified atom stereocenters. The fourth-order valence-corrected chi connectivity index (χ4v) is 3.27. The van der Waals surface area contributed by atoms with Crippen LogP contribution in [0.2, 0.25) is 0 Å². The number of rotatable bonds is 6. The minimum absolute atomic E-state index is 0. The molecule has 1 aliphatic rings. The molecule has 2 rings (SSSR count). The monoisotopic (exact) mass is 344 g/mol. The van der Waals surface area contributed by atoms with Crippen LogP contribution in [0, 0.1) is 5.41 Å². The van der Waals surface area contributed by atoms with E-state index in [1.165, 1.54) is 0 Å². The van der Waals surface area contributed by atoms with Crippen molar-refractivity contribution >= 4 is 12.4 Å². The molecule has 1 aliphatic heterocycles. The summed E-state index contributed by atoms with van der Waals surface area (Å²) >= 11 is 0. The number of benzene rings is 1. The second kappa shape index (κ2) is 8.73. The van der Waals surface area contributed by atoms with Crippen LogP contribution in [0.3, 0.4) is 0 Å². The van der Waals surface area contributed by atoms with Crippen molar-refractivity contribution in [2.45, 2.75) is 19.9 Å². The number of piperazine rings is 1. The van der Waals surface area contributed by atoms with E-state index in [2.05, 4.69) is 30.1 Å². The molecule has 0 spiro atoms. The molecule has 0 aliphatic carbocycles. The fourth-order valence-electron chi connectivity index (χ4n) is 3.27. The lowest BCUT2D eigenvalue weighted by molar-refractivity contribution is 0.0291. The van der Waals surface area contributed by atoms with Crippen molar-refractivity contribution in [3.05, 3.63) is 23.8 Å². The third kappa shape index (κ3) is 4.29. The lowest BCUT2D eigenvalue weighted by atomic mass is 9.79. The quantitative estimate of drug-likeness (QED) is 0.827. The van der Waals surface area contributed by atoms with Crippen LogP contribution in [0.1, 0.15) is 25.5 Å². The zero-order valence-corrected chi connectivity index (χ0v) is 15.3. The molecule has 0 aromatic heterocycles. The number of nitrogens with zero attached hydrogens (tertiary/aromatic N) is 1. The highest BCUT2D eigenvalue weighted by atomic mass is 35.5. The smallest absolute Gasteiger partial charge is 0.165 e. The maximum absolute atomic E-state index is 9.93. The number of ether oxygens (including phenoxy) is 2. The topological polar surface area (TPSA) is 54.0 Å². The van der Waals surface area contributed by atoms with Gasteiger partial charge in [0.2, 0.25) is 0 Å². The highest BCUT2D eigenvalue weighted by molar-refractivity contribution is 5.85. The summed E-state index contributed by atoms with van der Waals surface area (Å²) in [6, 6.07) is 6.04. The number of hydrogen-bond acceptors (Lipinski definition) is 5. The van der Waals surface area contributed by atoms with Gasteiger partial charge in [-0.3, -0.25) is 4.90 Å². The Morgan fingerprint density at radius 2 is 1.87 bits per heavy atom. The molecule has 132 valence electrons. The van der Waals surface area contributed by atoms with Crippen molar-refractivity contribution in [1.82, 2.24) is 10.2 Å². The van der Waals surface area contributed by atoms with Gasteiger partial charge in [-0.05, 0) is 6.07 Å². The molecule has 1 saturated heterocycles. The van der Waals surface area contributed by atoms with Gasteiger partial charge >= 0.3 is 0 Å². The van der Waals surface area contributed by atoms with Crippen LogP contribution >= 0.6 is 12.4 Å². The first-order chi connectivity index (χ1) is 10.5. The number of aliphatic hydroxyl groups excluding tert-OH is 1. The normalized spacial score (nSPS) is 17.3. The van der Waals surface area contributed by atoms with Gasteiger partial charge in [0, 0.05) is 49.8 Å². The van der Waals surface area contributed by atoms with E-state index in [9.17, 15) is 5.11 Å². The first-order valence-corrected chi connectivity index (χ1v) is 7.81. The summed E-state index contributed by atoms with van der Waals surface area (Å²) in [4.78, 5) is 2.42. The first-order valence-electron chi connectivity index (χ1n) is 7.81. The maximum Gasteiger partial charge on any atom is 0.165 e. The maximum atomic E-state index is 9.93. The van der Waals surface area contributed by atoms with Crippen molar-refractivity contribution in [2.75, 3.05) is 47.0 Å². The number of aliphatic hydroxyl groups is 1. The van der Waals surface area contributed by atoms with Crippen LogP contribution in [0.4, 0.5) is 0 Å². The molecule has 2 N–H and O–H groups in total. The van der Waals surface area contributed by atoms with Crippen molar-refractivity contribution in [3.8, 4) is 11.5 Å². The zero-order chi connectivity index (χ0) is 16.2. The minimum Gasteiger partial charge on any atom is -0.493 e. The van der Waals surface area contributed by atoms with Crippen molar-refractivity contribution in [2.24, 2.45) is 5.41 Å². The largest absolute Gasteiger partial charge is 0.493 e. The number of nitrogens with one attached hydrogen (secondary N) is 1. The third-order valence-corrected chi connectivity index (χ3v) is 4.39. The standard InChI is InChI=1S/C17H28N2O3.ClH/c1-17(2,12-20)16(19-10-8-18-9-11-19)13-6-5-7-14(21-3)15(13)22-4;/h5-7,16,18,20H,8-12H2,1-4H3;1H/t16-;/m0./s1. The van der Waals surface area contributed by atoms with Crippen LogP contribution in [-0.2, 0) is 0 Å². The van der Waals surface area contributed by atoms with Crippen molar-refractivity contribution < 1.29 is 14.6 Å². The minimum atomic E-state index is -0.281. The summed E-state index contributed by atoms with van der Waals surface area (Å²) < 4.78 is 11.1. The van der Waals surface area contributed by atoms with Gasteiger partial charge in [0.25, 0.3) is 0 Å². The van der Waals surface area contributed by atoms with Crippen molar-refractivity contribution in [3.63, 3.8) is 0 Å². The molecule has 0 amide bonds. The number of methoxy groups -OCH3 is 2. The van der Waals surface area contributed by atoms with E-state index in [0.717, 1.165) is 43.2 Å². The Labute approximate surface area is 145 Å². The summed E-state index contributed by atoms with van der Waals surface area (Å²) in [5.41, 5.74) is 0.791. The Hall–Kier alpha value is -1.01. The molecule has 6 heteroatoms. The average Bonchev–Trinajstić information content (AvgIpc) is 2.55. The van der Waals surface area contributed by atoms with E-state index in [-0.39, 0.29) is 30.5 Å².